The monoisotopic (exact) mass is 418 g/mol. The second-order valence-corrected chi connectivity index (χ2v) is 7.07. The van der Waals surface area contributed by atoms with Crippen LogP contribution in [0, 0.1) is 5.82 Å². The van der Waals surface area contributed by atoms with Crippen molar-refractivity contribution in [1.29, 1.82) is 0 Å². The SMILES string of the molecule is O=C(CN1C(=O)N=C2C(c3ccccc3F)=CN=C2C1=O)NCCCc1ccccc1. The molecule has 0 aromatic heterocycles. The smallest absolute Gasteiger partial charge is 0.351 e. The highest BCUT2D eigenvalue weighted by Crippen LogP contribution is 2.27. The summed E-state index contributed by atoms with van der Waals surface area (Å²) in [4.78, 5) is 46.0. The van der Waals surface area contributed by atoms with Crippen LogP contribution in [-0.2, 0) is 16.0 Å². The number of imide groups is 1. The third-order valence-corrected chi connectivity index (χ3v) is 4.96. The zero-order valence-electron chi connectivity index (χ0n) is 16.5. The van der Waals surface area contributed by atoms with Gasteiger partial charge in [0.15, 0.2) is 5.71 Å². The van der Waals surface area contributed by atoms with Gasteiger partial charge in [0.05, 0.1) is 0 Å². The van der Waals surface area contributed by atoms with Gasteiger partial charge in [-0.15, -0.1) is 0 Å². The van der Waals surface area contributed by atoms with Crippen molar-refractivity contribution in [3.63, 3.8) is 0 Å². The number of aryl methyl sites for hydroxylation is 1. The summed E-state index contributed by atoms with van der Waals surface area (Å²) in [5, 5.41) is 2.71. The molecule has 0 bridgehead atoms. The second-order valence-electron chi connectivity index (χ2n) is 7.07. The lowest BCUT2D eigenvalue weighted by Gasteiger charge is -2.23. The Hall–Kier alpha value is -3.94. The molecule has 2 aromatic carbocycles. The first-order valence-corrected chi connectivity index (χ1v) is 9.83. The minimum Gasteiger partial charge on any atom is -0.355 e. The summed E-state index contributed by atoms with van der Waals surface area (Å²) < 4.78 is 14.1. The Morgan fingerprint density at radius 3 is 2.52 bits per heavy atom. The molecule has 7 nitrogen and oxygen atoms in total. The molecule has 31 heavy (non-hydrogen) atoms. The number of carbonyl (C=O) groups excluding carboxylic acids is 3. The highest BCUT2D eigenvalue weighted by atomic mass is 19.1. The van der Waals surface area contributed by atoms with Crippen molar-refractivity contribution in [2.75, 3.05) is 13.1 Å². The quantitative estimate of drug-likeness (QED) is 0.701. The lowest BCUT2D eigenvalue weighted by molar-refractivity contribution is -0.128. The third kappa shape index (κ3) is 4.32. The van der Waals surface area contributed by atoms with Gasteiger partial charge >= 0.3 is 6.03 Å². The number of nitrogens with one attached hydrogen (secondary N) is 1. The molecular formula is C23H19FN4O3. The Labute approximate surface area is 178 Å². The topological polar surface area (TPSA) is 91.2 Å². The second kappa shape index (κ2) is 8.83. The van der Waals surface area contributed by atoms with Crippen LogP contribution in [0.3, 0.4) is 0 Å². The maximum atomic E-state index is 14.1. The minimum atomic E-state index is -0.873. The molecule has 4 rings (SSSR count). The van der Waals surface area contributed by atoms with Gasteiger partial charge in [0.25, 0.3) is 5.91 Å². The first-order chi connectivity index (χ1) is 15.0. The number of carbonyl (C=O) groups is 3. The minimum absolute atomic E-state index is 0.0274. The molecular weight excluding hydrogens is 399 g/mol. The van der Waals surface area contributed by atoms with E-state index >= 15 is 0 Å². The molecule has 0 atom stereocenters. The molecule has 0 saturated carbocycles. The van der Waals surface area contributed by atoms with E-state index in [4.69, 9.17) is 0 Å². The van der Waals surface area contributed by atoms with Crippen LogP contribution in [0.25, 0.3) is 5.57 Å². The molecule has 0 fully saturated rings. The van der Waals surface area contributed by atoms with Gasteiger partial charge < -0.3 is 5.32 Å². The van der Waals surface area contributed by atoms with Gasteiger partial charge in [-0.25, -0.2) is 19.1 Å². The third-order valence-electron chi connectivity index (χ3n) is 4.96. The Kier molecular flexibility index (Phi) is 5.79. The maximum Gasteiger partial charge on any atom is 0.351 e. The molecule has 1 N–H and O–H groups in total. The van der Waals surface area contributed by atoms with Gasteiger partial charge in [-0.3, -0.25) is 9.59 Å². The summed E-state index contributed by atoms with van der Waals surface area (Å²) in [7, 11) is 0. The van der Waals surface area contributed by atoms with E-state index in [9.17, 15) is 18.8 Å². The fraction of sp³-hybridized carbons (Fsp3) is 0.174. The number of hydrogen-bond acceptors (Lipinski definition) is 4. The number of fused-ring (bicyclic) bond motifs is 1. The molecule has 0 spiro atoms. The van der Waals surface area contributed by atoms with Crippen LogP contribution in [0.1, 0.15) is 17.5 Å². The molecule has 2 heterocycles. The summed E-state index contributed by atoms with van der Waals surface area (Å²) in [6, 6.07) is 15.0. The molecule has 8 heteroatoms. The van der Waals surface area contributed by atoms with Crippen molar-refractivity contribution in [3.8, 4) is 0 Å². The predicted octanol–water partition coefficient (Wildman–Crippen LogP) is 2.77. The van der Waals surface area contributed by atoms with Crippen LogP contribution >= 0.6 is 0 Å². The summed E-state index contributed by atoms with van der Waals surface area (Å²) in [5.41, 5.74) is 1.58. The van der Waals surface area contributed by atoms with E-state index in [-0.39, 0.29) is 22.6 Å². The fourth-order valence-electron chi connectivity index (χ4n) is 3.40. The lowest BCUT2D eigenvalue weighted by Crippen LogP contribution is -2.50. The van der Waals surface area contributed by atoms with Gasteiger partial charge in [0.2, 0.25) is 5.91 Å². The highest BCUT2D eigenvalue weighted by Gasteiger charge is 2.39. The van der Waals surface area contributed by atoms with Crippen LogP contribution in [0.4, 0.5) is 9.18 Å². The van der Waals surface area contributed by atoms with E-state index in [1.54, 1.807) is 6.07 Å². The molecule has 2 aliphatic rings. The first kappa shape index (κ1) is 20.3. The number of halogens is 1. The van der Waals surface area contributed by atoms with E-state index in [2.05, 4.69) is 15.3 Å². The van der Waals surface area contributed by atoms with E-state index < -0.39 is 30.2 Å². The lowest BCUT2D eigenvalue weighted by atomic mass is 9.99. The molecule has 0 saturated heterocycles. The standard InChI is InChI=1S/C23H19FN4O3/c24-18-11-5-4-10-16(18)17-13-26-21-20(17)27-23(31)28(22(21)30)14-19(29)25-12-6-9-15-7-2-1-3-8-15/h1-5,7-8,10-11,13H,6,9,12,14H2,(H,25,29). The van der Waals surface area contributed by atoms with Crippen LogP contribution in [0.15, 0.2) is 70.8 Å². The van der Waals surface area contributed by atoms with Crippen molar-refractivity contribution in [2.24, 2.45) is 9.98 Å². The predicted molar refractivity (Wildman–Crippen MR) is 114 cm³/mol. The summed E-state index contributed by atoms with van der Waals surface area (Å²) in [6.45, 7) is -0.0355. The summed E-state index contributed by atoms with van der Waals surface area (Å²) in [5.74, 6) is -1.70. The van der Waals surface area contributed by atoms with E-state index in [1.807, 2.05) is 30.3 Å². The van der Waals surface area contributed by atoms with Crippen molar-refractivity contribution < 1.29 is 18.8 Å². The van der Waals surface area contributed by atoms with Gasteiger partial charge in [-0.05, 0) is 24.5 Å². The number of amides is 4. The highest BCUT2D eigenvalue weighted by molar-refractivity contribution is 6.78. The van der Waals surface area contributed by atoms with Gasteiger partial charge in [-0.2, -0.15) is 4.99 Å². The Morgan fingerprint density at radius 2 is 1.74 bits per heavy atom. The molecule has 156 valence electrons. The normalized spacial score (nSPS) is 15.3. The Morgan fingerprint density at radius 1 is 1.00 bits per heavy atom. The van der Waals surface area contributed by atoms with E-state index in [1.165, 1.54) is 24.4 Å². The molecule has 2 aliphatic heterocycles. The molecule has 0 aliphatic carbocycles. The van der Waals surface area contributed by atoms with Crippen LogP contribution < -0.4 is 5.32 Å². The van der Waals surface area contributed by atoms with E-state index in [0.717, 1.165) is 23.3 Å². The van der Waals surface area contributed by atoms with Gasteiger partial charge in [0, 0.05) is 23.9 Å². The maximum absolute atomic E-state index is 14.1. The molecule has 0 radical (unpaired) electrons. The number of nitrogens with zero attached hydrogens (tertiary/aromatic N) is 3. The number of benzene rings is 2. The van der Waals surface area contributed by atoms with Crippen LogP contribution in [0.2, 0.25) is 0 Å². The van der Waals surface area contributed by atoms with Crippen molar-refractivity contribution in [1.82, 2.24) is 10.2 Å². The largest absolute Gasteiger partial charge is 0.355 e. The first-order valence-electron chi connectivity index (χ1n) is 9.83. The number of urea groups is 1. The van der Waals surface area contributed by atoms with E-state index in [0.29, 0.717) is 6.54 Å². The number of aliphatic imine (C=N–C) groups is 2. The molecule has 2 aromatic rings. The van der Waals surface area contributed by atoms with Gasteiger partial charge in [0.1, 0.15) is 18.1 Å². The summed E-state index contributed by atoms with van der Waals surface area (Å²) >= 11 is 0. The zero-order valence-corrected chi connectivity index (χ0v) is 16.5. The van der Waals surface area contributed by atoms with Crippen molar-refractivity contribution in [3.05, 3.63) is 77.7 Å². The zero-order chi connectivity index (χ0) is 21.8. The number of allylic oxidation sites excluding steroid dienone is 1. The van der Waals surface area contributed by atoms with Crippen LogP contribution in [0.5, 0.6) is 0 Å². The fourth-order valence-corrected chi connectivity index (χ4v) is 3.40. The van der Waals surface area contributed by atoms with Crippen molar-refractivity contribution in [2.45, 2.75) is 12.8 Å². The molecule has 0 unspecified atom stereocenters. The summed E-state index contributed by atoms with van der Waals surface area (Å²) in [6.07, 6.45) is 2.84. The average molecular weight is 418 g/mol. The molecule has 4 amide bonds. The average Bonchev–Trinajstić information content (AvgIpc) is 3.19. The van der Waals surface area contributed by atoms with Crippen molar-refractivity contribution >= 4 is 34.8 Å². The van der Waals surface area contributed by atoms with Crippen LogP contribution in [-0.4, -0.2) is 47.3 Å². The number of rotatable bonds is 7. The Balaban J connectivity index is 1.36. The van der Waals surface area contributed by atoms with Gasteiger partial charge in [-0.1, -0.05) is 48.5 Å². The number of hydrogen-bond donors (Lipinski definition) is 1. The Bertz CT molecular complexity index is 1140.